The first-order chi connectivity index (χ1) is 14.7. The minimum absolute atomic E-state index is 0.169. The van der Waals surface area contributed by atoms with Crippen molar-refractivity contribution in [3.63, 3.8) is 0 Å². The molecule has 2 amide bonds. The van der Waals surface area contributed by atoms with E-state index in [0.29, 0.717) is 24.3 Å². The van der Waals surface area contributed by atoms with Gasteiger partial charge in [-0.3, -0.25) is 14.5 Å². The van der Waals surface area contributed by atoms with Gasteiger partial charge in [-0.05, 0) is 48.2 Å². The fourth-order valence-electron chi connectivity index (χ4n) is 3.75. The molecular formula is C26H25NO3. The van der Waals surface area contributed by atoms with E-state index in [9.17, 15) is 9.59 Å². The van der Waals surface area contributed by atoms with Gasteiger partial charge >= 0.3 is 0 Å². The third kappa shape index (κ3) is 4.43. The zero-order valence-corrected chi connectivity index (χ0v) is 16.9. The Bertz CT molecular complexity index is 994. The fourth-order valence-corrected chi connectivity index (χ4v) is 3.75. The molecule has 4 rings (SSSR count). The first kappa shape index (κ1) is 19.9. The van der Waals surface area contributed by atoms with Gasteiger partial charge in [0.2, 0.25) is 0 Å². The molecular weight excluding hydrogens is 374 g/mol. The van der Waals surface area contributed by atoms with Crippen LogP contribution in [0.25, 0.3) is 11.1 Å². The number of unbranched alkanes of at least 4 members (excludes halogenated alkanes) is 3. The van der Waals surface area contributed by atoms with Crippen LogP contribution in [-0.4, -0.2) is 29.9 Å². The van der Waals surface area contributed by atoms with Crippen LogP contribution in [0.3, 0.4) is 0 Å². The third-order valence-corrected chi connectivity index (χ3v) is 5.36. The molecule has 0 atom stereocenters. The summed E-state index contributed by atoms with van der Waals surface area (Å²) in [5.74, 6) is 0.539. The molecule has 0 N–H and O–H groups in total. The number of carbonyl (C=O) groups is 2. The second-order valence-corrected chi connectivity index (χ2v) is 7.46. The quantitative estimate of drug-likeness (QED) is 0.348. The van der Waals surface area contributed by atoms with Crippen LogP contribution >= 0.6 is 0 Å². The van der Waals surface area contributed by atoms with Crippen LogP contribution in [-0.2, 0) is 0 Å². The second kappa shape index (κ2) is 9.40. The van der Waals surface area contributed by atoms with Gasteiger partial charge in [0, 0.05) is 6.54 Å². The first-order valence-corrected chi connectivity index (χ1v) is 10.5. The first-order valence-electron chi connectivity index (χ1n) is 10.5. The number of amides is 2. The van der Waals surface area contributed by atoms with Gasteiger partial charge in [0.15, 0.2) is 0 Å². The molecule has 0 fully saturated rings. The summed E-state index contributed by atoms with van der Waals surface area (Å²) in [7, 11) is 0. The average molecular weight is 399 g/mol. The molecule has 0 bridgehead atoms. The van der Waals surface area contributed by atoms with Crippen molar-refractivity contribution in [3.05, 3.63) is 90.0 Å². The maximum atomic E-state index is 12.3. The van der Waals surface area contributed by atoms with E-state index in [1.807, 2.05) is 30.3 Å². The van der Waals surface area contributed by atoms with E-state index in [1.165, 1.54) is 10.5 Å². The molecule has 0 radical (unpaired) electrons. The van der Waals surface area contributed by atoms with E-state index < -0.39 is 0 Å². The maximum Gasteiger partial charge on any atom is 0.261 e. The zero-order chi connectivity index (χ0) is 20.8. The predicted molar refractivity (Wildman–Crippen MR) is 118 cm³/mol. The lowest BCUT2D eigenvalue weighted by Gasteiger charge is -2.13. The smallest absolute Gasteiger partial charge is 0.261 e. The van der Waals surface area contributed by atoms with Gasteiger partial charge in [-0.25, -0.2) is 0 Å². The van der Waals surface area contributed by atoms with E-state index >= 15 is 0 Å². The molecule has 0 saturated heterocycles. The molecule has 30 heavy (non-hydrogen) atoms. The van der Waals surface area contributed by atoms with Crippen molar-refractivity contribution in [1.82, 2.24) is 4.90 Å². The summed E-state index contributed by atoms with van der Waals surface area (Å²) < 4.78 is 5.91. The Morgan fingerprint density at radius 3 is 2.00 bits per heavy atom. The summed E-state index contributed by atoms with van der Waals surface area (Å²) in [4.78, 5) is 26.1. The van der Waals surface area contributed by atoms with Gasteiger partial charge in [0.25, 0.3) is 11.8 Å². The molecule has 3 aromatic rings. The summed E-state index contributed by atoms with van der Waals surface area (Å²) in [6.45, 7) is 1.14. The van der Waals surface area contributed by atoms with Gasteiger partial charge in [-0.2, -0.15) is 0 Å². The summed E-state index contributed by atoms with van der Waals surface area (Å²) in [5.41, 5.74) is 3.37. The lowest BCUT2D eigenvalue weighted by atomic mass is 10.1. The highest BCUT2D eigenvalue weighted by atomic mass is 16.5. The number of rotatable bonds is 9. The molecule has 0 unspecified atom stereocenters. The number of hydrogen-bond donors (Lipinski definition) is 0. The number of benzene rings is 3. The minimum Gasteiger partial charge on any atom is -0.494 e. The van der Waals surface area contributed by atoms with E-state index in [2.05, 4.69) is 24.3 Å². The van der Waals surface area contributed by atoms with Crippen LogP contribution in [0.1, 0.15) is 46.4 Å². The summed E-state index contributed by atoms with van der Waals surface area (Å²) in [5, 5.41) is 0. The lowest BCUT2D eigenvalue weighted by Crippen LogP contribution is -2.30. The monoisotopic (exact) mass is 399 g/mol. The van der Waals surface area contributed by atoms with Gasteiger partial charge < -0.3 is 4.74 Å². The maximum absolute atomic E-state index is 12.3. The molecule has 0 aliphatic carbocycles. The van der Waals surface area contributed by atoms with E-state index in [-0.39, 0.29) is 11.8 Å². The Morgan fingerprint density at radius 2 is 1.27 bits per heavy atom. The SMILES string of the molecule is O=C1c2ccccc2C(=O)N1CCCCCCOc1cccc(-c2ccccc2)c1. The number of fused-ring (bicyclic) bond motifs is 1. The van der Waals surface area contributed by atoms with E-state index in [0.717, 1.165) is 37.0 Å². The highest BCUT2D eigenvalue weighted by Gasteiger charge is 2.34. The highest BCUT2D eigenvalue weighted by molar-refractivity contribution is 6.21. The molecule has 152 valence electrons. The number of ether oxygens (including phenoxy) is 1. The third-order valence-electron chi connectivity index (χ3n) is 5.36. The van der Waals surface area contributed by atoms with Gasteiger partial charge in [0.05, 0.1) is 17.7 Å². The molecule has 4 heteroatoms. The topological polar surface area (TPSA) is 46.6 Å². The van der Waals surface area contributed by atoms with Crippen LogP contribution in [0, 0.1) is 0 Å². The van der Waals surface area contributed by atoms with Crippen molar-refractivity contribution < 1.29 is 14.3 Å². The van der Waals surface area contributed by atoms with E-state index in [4.69, 9.17) is 4.74 Å². The standard InChI is InChI=1S/C26H25NO3/c28-25-23-15-6-7-16-24(23)26(29)27(25)17-8-1-2-9-18-30-22-14-10-13-21(19-22)20-11-4-3-5-12-20/h3-7,10-16,19H,1-2,8-9,17-18H2. The highest BCUT2D eigenvalue weighted by Crippen LogP contribution is 2.24. The van der Waals surface area contributed by atoms with Gasteiger partial charge in [-0.15, -0.1) is 0 Å². The molecule has 4 nitrogen and oxygen atoms in total. The van der Waals surface area contributed by atoms with Crippen molar-refractivity contribution in [3.8, 4) is 16.9 Å². The molecule has 0 aromatic heterocycles. The molecule has 1 aliphatic heterocycles. The Balaban J connectivity index is 1.17. The molecule has 1 aliphatic rings. The van der Waals surface area contributed by atoms with Crippen LogP contribution in [0.2, 0.25) is 0 Å². The van der Waals surface area contributed by atoms with Gasteiger partial charge in [0.1, 0.15) is 5.75 Å². The van der Waals surface area contributed by atoms with Crippen molar-refractivity contribution in [2.75, 3.05) is 13.2 Å². The normalized spacial score (nSPS) is 12.9. The Morgan fingerprint density at radius 1 is 0.633 bits per heavy atom. The Labute approximate surface area is 177 Å². The minimum atomic E-state index is -0.169. The van der Waals surface area contributed by atoms with Crippen LogP contribution in [0.5, 0.6) is 5.75 Å². The predicted octanol–water partition coefficient (Wildman–Crippen LogP) is 5.59. The van der Waals surface area contributed by atoms with Crippen molar-refractivity contribution in [2.24, 2.45) is 0 Å². The van der Waals surface area contributed by atoms with Gasteiger partial charge in [-0.1, -0.05) is 67.4 Å². The number of carbonyl (C=O) groups excluding carboxylic acids is 2. The molecule has 0 spiro atoms. The largest absolute Gasteiger partial charge is 0.494 e. The van der Waals surface area contributed by atoms with Crippen LogP contribution in [0.4, 0.5) is 0 Å². The lowest BCUT2D eigenvalue weighted by molar-refractivity contribution is 0.0651. The Kier molecular flexibility index (Phi) is 6.23. The van der Waals surface area contributed by atoms with Crippen LogP contribution < -0.4 is 4.74 Å². The summed E-state index contributed by atoms with van der Waals surface area (Å²) >= 11 is 0. The number of hydrogen-bond acceptors (Lipinski definition) is 3. The van der Waals surface area contributed by atoms with Crippen molar-refractivity contribution in [1.29, 1.82) is 0 Å². The van der Waals surface area contributed by atoms with E-state index in [1.54, 1.807) is 24.3 Å². The second-order valence-electron chi connectivity index (χ2n) is 7.46. The number of nitrogens with zero attached hydrogens (tertiary/aromatic N) is 1. The molecule has 1 heterocycles. The Hall–Kier alpha value is -3.40. The number of imide groups is 1. The average Bonchev–Trinajstić information content (AvgIpc) is 3.04. The zero-order valence-electron chi connectivity index (χ0n) is 16.9. The van der Waals surface area contributed by atoms with Crippen molar-refractivity contribution >= 4 is 11.8 Å². The molecule has 0 saturated carbocycles. The molecule has 3 aromatic carbocycles. The fraction of sp³-hybridized carbons (Fsp3) is 0.231. The van der Waals surface area contributed by atoms with Crippen molar-refractivity contribution in [2.45, 2.75) is 25.7 Å². The summed E-state index contributed by atoms with van der Waals surface area (Å²) in [6.07, 6.45) is 3.72. The summed E-state index contributed by atoms with van der Waals surface area (Å²) in [6, 6.07) is 25.4. The van der Waals surface area contributed by atoms with Crippen LogP contribution in [0.15, 0.2) is 78.9 Å².